The number of amides is 1. The van der Waals surface area contributed by atoms with E-state index in [0.717, 1.165) is 39.1 Å². The Morgan fingerprint density at radius 2 is 2.19 bits per heavy atom. The predicted octanol–water partition coefficient (Wildman–Crippen LogP) is 0.687. The molecular weight excluding hydrogens is 340 g/mol. The Kier molecular flexibility index (Phi) is 4.42. The summed E-state index contributed by atoms with van der Waals surface area (Å²) in [5.74, 6) is 0.701. The topological polar surface area (TPSA) is 70.2 Å². The number of hydrogen-bond acceptors (Lipinski definition) is 4. The number of hydrogen-bond donors (Lipinski definition) is 3. The molecule has 4 N–H and O–H groups in total. The summed E-state index contributed by atoms with van der Waals surface area (Å²) in [6.07, 6.45) is 5.34. The fourth-order valence-corrected chi connectivity index (χ4v) is 5.20. The molecule has 1 saturated heterocycles. The Bertz CT molecular complexity index is 771. The van der Waals surface area contributed by atoms with Gasteiger partial charge >= 0.3 is 0 Å². The van der Waals surface area contributed by atoms with Gasteiger partial charge in [0.15, 0.2) is 0 Å². The van der Waals surface area contributed by atoms with E-state index in [-0.39, 0.29) is 11.8 Å². The molecule has 3 heterocycles. The van der Waals surface area contributed by atoms with E-state index in [4.69, 9.17) is 4.74 Å². The molecular formula is C21H29N4O2+. The first kappa shape index (κ1) is 17.2. The van der Waals surface area contributed by atoms with Crippen molar-refractivity contribution in [1.29, 1.82) is 0 Å². The minimum Gasteiger partial charge on any atom is -0.384 e. The quantitative estimate of drug-likeness (QED) is 0.686. The molecule has 3 aliphatic heterocycles. The molecule has 1 unspecified atom stereocenters. The van der Waals surface area contributed by atoms with Crippen LogP contribution < -0.4 is 16.1 Å². The Morgan fingerprint density at radius 1 is 1.33 bits per heavy atom. The Hall–Kier alpha value is -1.89. The molecule has 0 radical (unpaired) electrons. The Balaban J connectivity index is 1.36. The fraction of sp³-hybridized carbons (Fsp3) is 0.571. The maximum atomic E-state index is 13.1. The van der Waals surface area contributed by atoms with Gasteiger partial charge in [-0.1, -0.05) is 18.2 Å². The highest BCUT2D eigenvalue weighted by molar-refractivity contribution is 5.86. The van der Waals surface area contributed by atoms with Crippen molar-refractivity contribution in [2.75, 3.05) is 38.7 Å². The molecule has 0 bridgehead atoms. The first-order valence-electron chi connectivity index (χ1n) is 10.2. The molecule has 27 heavy (non-hydrogen) atoms. The number of quaternary nitrogens is 1. The summed E-state index contributed by atoms with van der Waals surface area (Å²) in [7, 11) is 1.86. The van der Waals surface area contributed by atoms with Crippen LogP contribution in [0.2, 0.25) is 0 Å². The SMILES string of the molecule is CN(NC1CCOCC1)C(=O)[C@@H]1C=C2c3cccc4c3C(CN4)C[C@H]2[NH2+]C1. The highest BCUT2D eigenvalue weighted by atomic mass is 16.5. The number of nitrogens with two attached hydrogens (primary N) is 1. The van der Waals surface area contributed by atoms with Gasteiger partial charge in [0.1, 0.15) is 12.0 Å². The number of ether oxygens (including phenoxy) is 1. The Morgan fingerprint density at radius 3 is 3.04 bits per heavy atom. The molecule has 1 aromatic carbocycles. The molecule has 5 rings (SSSR count). The first-order chi connectivity index (χ1) is 13.2. The van der Waals surface area contributed by atoms with E-state index in [0.29, 0.717) is 18.0 Å². The predicted molar refractivity (Wildman–Crippen MR) is 104 cm³/mol. The summed E-state index contributed by atoms with van der Waals surface area (Å²) in [5, 5.41) is 7.65. The minimum atomic E-state index is -0.0737. The van der Waals surface area contributed by atoms with Crippen LogP contribution in [0.25, 0.3) is 5.57 Å². The average Bonchev–Trinajstić information content (AvgIpc) is 3.12. The number of carbonyl (C=O) groups is 1. The molecule has 1 amide bonds. The highest BCUT2D eigenvalue weighted by Gasteiger charge is 2.41. The molecule has 4 aliphatic rings. The summed E-state index contributed by atoms with van der Waals surface area (Å²) < 4.78 is 5.41. The second-order valence-corrected chi connectivity index (χ2v) is 8.30. The van der Waals surface area contributed by atoms with Gasteiger partial charge in [-0.2, -0.15) is 0 Å². The normalized spacial score (nSPS) is 29.4. The van der Waals surface area contributed by atoms with Gasteiger partial charge in [-0.05, 0) is 30.0 Å². The van der Waals surface area contributed by atoms with Crippen molar-refractivity contribution < 1.29 is 14.8 Å². The van der Waals surface area contributed by atoms with Gasteiger partial charge in [0, 0.05) is 56.4 Å². The second kappa shape index (κ2) is 6.93. The van der Waals surface area contributed by atoms with Crippen LogP contribution in [0.5, 0.6) is 0 Å². The van der Waals surface area contributed by atoms with E-state index in [9.17, 15) is 4.79 Å². The molecule has 6 heteroatoms. The van der Waals surface area contributed by atoms with E-state index in [1.165, 1.54) is 28.8 Å². The molecule has 1 aromatic rings. The van der Waals surface area contributed by atoms with Crippen LogP contribution in [-0.2, 0) is 9.53 Å². The lowest BCUT2D eigenvalue weighted by Crippen LogP contribution is -2.93. The van der Waals surface area contributed by atoms with Gasteiger partial charge in [-0.25, -0.2) is 5.43 Å². The summed E-state index contributed by atoms with van der Waals surface area (Å²) in [6, 6.07) is 7.37. The molecule has 0 spiro atoms. The largest absolute Gasteiger partial charge is 0.384 e. The molecule has 6 nitrogen and oxygen atoms in total. The third-order valence-electron chi connectivity index (χ3n) is 6.60. The van der Waals surface area contributed by atoms with Gasteiger partial charge in [-0.15, -0.1) is 0 Å². The van der Waals surface area contributed by atoms with E-state index in [1.54, 1.807) is 5.01 Å². The summed E-state index contributed by atoms with van der Waals surface area (Å²) in [5.41, 5.74) is 8.84. The molecule has 1 fully saturated rings. The van der Waals surface area contributed by atoms with Gasteiger partial charge in [0.05, 0.1) is 6.54 Å². The lowest BCUT2D eigenvalue weighted by molar-refractivity contribution is -0.682. The molecule has 0 saturated carbocycles. The molecule has 3 atom stereocenters. The second-order valence-electron chi connectivity index (χ2n) is 8.30. The zero-order valence-corrected chi connectivity index (χ0v) is 15.9. The number of carbonyl (C=O) groups excluding carboxylic acids is 1. The molecule has 0 aromatic heterocycles. The maximum Gasteiger partial charge on any atom is 0.249 e. The maximum absolute atomic E-state index is 13.1. The number of hydrazine groups is 1. The smallest absolute Gasteiger partial charge is 0.249 e. The average molecular weight is 369 g/mol. The Labute approximate surface area is 160 Å². The summed E-state index contributed by atoms with van der Waals surface area (Å²) in [4.78, 5) is 13.1. The van der Waals surface area contributed by atoms with Crippen molar-refractivity contribution >= 4 is 17.2 Å². The van der Waals surface area contributed by atoms with Crippen LogP contribution in [0.3, 0.4) is 0 Å². The van der Waals surface area contributed by atoms with E-state index in [1.807, 2.05) is 7.05 Å². The van der Waals surface area contributed by atoms with E-state index < -0.39 is 0 Å². The van der Waals surface area contributed by atoms with Gasteiger partial charge in [0.25, 0.3) is 0 Å². The van der Waals surface area contributed by atoms with Gasteiger partial charge in [0.2, 0.25) is 5.91 Å². The van der Waals surface area contributed by atoms with Gasteiger partial charge in [-0.3, -0.25) is 9.80 Å². The van der Waals surface area contributed by atoms with Gasteiger partial charge < -0.3 is 15.4 Å². The van der Waals surface area contributed by atoms with Crippen molar-refractivity contribution in [3.63, 3.8) is 0 Å². The molecule has 1 aliphatic carbocycles. The van der Waals surface area contributed by atoms with Crippen LogP contribution in [0.4, 0.5) is 5.69 Å². The number of anilines is 1. The van der Waals surface area contributed by atoms with Crippen LogP contribution in [0.1, 0.15) is 36.3 Å². The fourth-order valence-electron chi connectivity index (χ4n) is 5.20. The third kappa shape index (κ3) is 3.06. The first-order valence-corrected chi connectivity index (χ1v) is 10.2. The number of benzene rings is 1. The number of nitrogens with zero attached hydrogens (tertiary/aromatic N) is 1. The number of fused-ring (bicyclic) bond motifs is 2. The lowest BCUT2D eigenvalue weighted by Gasteiger charge is -2.35. The molecule has 144 valence electrons. The summed E-state index contributed by atoms with van der Waals surface area (Å²) >= 11 is 0. The number of nitrogens with one attached hydrogen (secondary N) is 2. The lowest BCUT2D eigenvalue weighted by atomic mass is 9.75. The van der Waals surface area contributed by atoms with Crippen molar-refractivity contribution in [3.8, 4) is 0 Å². The third-order valence-corrected chi connectivity index (χ3v) is 6.60. The van der Waals surface area contributed by atoms with Crippen molar-refractivity contribution in [2.24, 2.45) is 5.92 Å². The van der Waals surface area contributed by atoms with Crippen molar-refractivity contribution in [2.45, 2.75) is 37.3 Å². The van der Waals surface area contributed by atoms with Crippen LogP contribution in [0, 0.1) is 5.92 Å². The minimum absolute atomic E-state index is 0.0737. The van der Waals surface area contributed by atoms with Crippen molar-refractivity contribution in [3.05, 3.63) is 35.4 Å². The van der Waals surface area contributed by atoms with Crippen LogP contribution in [0.15, 0.2) is 24.3 Å². The monoisotopic (exact) mass is 369 g/mol. The van der Waals surface area contributed by atoms with E-state index in [2.05, 4.69) is 40.3 Å². The standard InChI is InChI=1S/C21H28N4O2/c1-25(24-15-5-7-27-8-6-15)21(26)14-9-17-16-3-2-4-18-20(16)13(11-22-18)10-19(17)23-12-14/h2-4,9,13-15,19,22-24H,5-8,10-12H2,1H3/p+1/t13?,14-,19-/m1/s1. The van der Waals surface area contributed by atoms with Crippen LogP contribution >= 0.6 is 0 Å². The van der Waals surface area contributed by atoms with Crippen molar-refractivity contribution in [1.82, 2.24) is 10.4 Å². The zero-order chi connectivity index (χ0) is 18.4. The number of rotatable bonds is 3. The zero-order valence-electron chi connectivity index (χ0n) is 15.9. The summed E-state index contributed by atoms with van der Waals surface area (Å²) in [6.45, 7) is 3.43. The highest BCUT2D eigenvalue weighted by Crippen LogP contribution is 2.45. The van der Waals surface area contributed by atoms with Crippen LogP contribution in [-0.4, -0.2) is 56.4 Å². The van der Waals surface area contributed by atoms with E-state index >= 15 is 0 Å².